The van der Waals surface area contributed by atoms with Crippen molar-refractivity contribution >= 4 is 23.1 Å². The summed E-state index contributed by atoms with van der Waals surface area (Å²) in [5, 5.41) is 6.20. The summed E-state index contributed by atoms with van der Waals surface area (Å²) in [4.78, 5) is 16.5. The molecule has 0 saturated heterocycles. The minimum atomic E-state index is -0.00857. The van der Waals surface area contributed by atoms with Gasteiger partial charge in [-0.05, 0) is 49.6 Å². The highest BCUT2D eigenvalue weighted by Crippen LogP contribution is 2.21. The molecule has 0 atom stereocenters. The molecule has 0 aliphatic carbocycles. The summed E-state index contributed by atoms with van der Waals surface area (Å²) in [7, 11) is 0. The second-order valence-electron chi connectivity index (χ2n) is 6.41. The normalized spacial score (nSPS) is 10.4. The highest BCUT2D eigenvalue weighted by atomic mass is 16.1. The lowest BCUT2D eigenvalue weighted by Crippen LogP contribution is -2.12. The van der Waals surface area contributed by atoms with Crippen LogP contribution >= 0.6 is 0 Å². The van der Waals surface area contributed by atoms with E-state index in [1.165, 1.54) is 11.1 Å². The Labute approximate surface area is 154 Å². The highest BCUT2D eigenvalue weighted by molar-refractivity contribution is 5.90. The smallest absolute Gasteiger partial charge is 0.224 e. The van der Waals surface area contributed by atoms with Crippen LogP contribution in [0.25, 0.3) is 0 Å². The van der Waals surface area contributed by atoms with Crippen LogP contribution in [-0.2, 0) is 11.2 Å². The molecule has 2 N–H and O–H groups in total. The lowest BCUT2D eigenvalue weighted by molar-refractivity contribution is -0.116. The molecule has 0 saturated carbocycles. The molecule has 0 unspecified atom stereocenters. The van der Waals surface area contributed by atoms with E-state index >= 15 is 0 Å². The maximum absolute atomic E-state index is 12.1. The second kappa shape index (κ2) is 8.30. The fourth-order valence-corrected chi connectivity index (χ4v) is 2.76. The van der Waals surface area contributed by atoms with Crippen LogP contribution in [0.1, 0.15) is 23.1 Å². The van der Waals surface area contributed by atoms with Crippen LogP contribution in [0, 0.1) is 13.8 Å². The molecule has 0 aliphatic heterocycles. The van der Waals surface area contributed by atoms with Crippen LogP contribution in [0.2, 0.25) is 0 Å². The van der Waals surface area contributed by atoms with Crippen LogP contribution in [0.3, 0.4) is 0 Å². The van der Waals surface area contributed by atoms with Gasteiger partial charge in [0.25, 0.3) is 0 Å². The Morgan fingerprint density at radius 3 is 2.50 bits per heavy atom. The van der Waals surface area contributed by atoms with E-state index in [0.29, 0.717) is 12.1 Å². The van der Waals surface area contributed by atoms with Gasteiger partial charge in [0.2, 0.25) is 5.91 Å². The highest BCUT2D eigenvalue weighted by Gasteiger charge is 2.05. The van der Waals surface area contributed by atoms with Crippen LogP contribution in [-0.4, -0.2) is 10.9 Å². The van der Waals surface area contributed by atoms with Gasteiger partial charge < -0.3 is 10.6 Å². The Morgan fingerprint density at radius 1 is 1.00 bits per heavy atom. The van der Waals surface area contributed by atoms with Crippen molar-refractivity contribution in [1.29, 1.82) is 0 Å². The zero-order valence-corrected chi connectivity index (χ0v) is 15.1. The summed E-state index contributed by atoms with van der Waals surface area (Å²) in [6.45, 7) is 4.14. The standard InChI is InChI=1S/C22H23N3O/c1-16-8-11-20(17(2)14-16)25-21-12-10-19(15-23-21)24-22(26)13-9-18-6-4-3-5-7-18/h3-8,10-12,14-15H,9,13H2,1-2H3,(H,23,25)(H,24,26). The first-order valence-corrected chi connectivity index (χ1v) is 8.74. The number of pyridine rings is 1. The number of hydrogen-bond donors (Lipinski definition) is 2. The molecule has 4 heteroatoms. The summed E-state index contributed by atoms with van der Waals surface area (Å²) in [6.07, 6.45) is 2.85. The topological polar surface area (TPSA) is 54.0 Å². The maximum atomic E-state index is 12.1. The van der Waals surface area contributed by atoms with Crippen molar-refractivity contribution < 1.29 is 4.79 Å². The van der Waals surface area contributed by atoms with Crippen molar-refractivity contribution in [3.63, 3.8) is 0 Å². The van der Waals surface area contributed by atoms with Crippen molar-refractivity contribution in [1.82, 2.24) is 4.98 Å². The third kappa shape index (κ3) is 4.93. The minimum Gasteiger partial charge on any atom is -0.340 e. The summed E-state index contributed by atoms with van der Waals surface area (Å²) >= 11 is 0. The number of hydrogen-bond acceptors (Lipinski definition) is 3. The molecule has 1 heterocycles. The number of nitrogens with one attached hydrogen (secondary N) is 2. The first-order valence-electron chi connectivity index (χ1n) is 8.74. The average molecular weight is 345 g/mol. The molecule has 0 radical (unpaired) electrons. The molecule has 0 fully saturated rings. The van der Waals surface area contributed by atoms with Crippen LogP contribution < -0.4 is 10.6 Å². The lowest BCUT2D eigenvalue weighted by Gasteiger charge is -2.10. The van der Waals surface area contributed by atoms with Crippen molar-refractivity contribution in [2.75, 3.05) is 10.6 Å². The Hall–Kier alpha value is -3.14. The average Bonchev–Trinajstić information content (AvgIpc) is 2.65. The third-order valence-electron chi connectivity index (χ3n) is 4.18. The summed E-state index contributed by atoms with van der Waals surface area (Å²) in [5.74, 6) is 0.741. The van der Waals surface area contributed by atoms with Gasteiger partial charge in [-0.15, -0.1) is 0 Å². The fraction of sp³-hybridized carbons (Fsp3) is 0.182. The third-order valence-corrected chi connectivity index (χ3v) is 4.18. The Balaban J connectivity index is 1.54. The molecule has 132 valence electrons. The van der Waals surface area contributed by atoms with Crippen LogP contribution in [0.4, 0.5) is 17.2 Å². The van der Waals surface area contributed by atoms with E-state index in [9.17, 15) is 4.79 Å². The number of nitrogens with zero attached hydrogens (tertiary/aromatic N) is 1. The molecular weight excluding hydrogens is 322 g/mol. The first kappa shape index (κ1) is 17.7. The number of benzene rings is 2. The molecule has 1 aromatic heterocycles. The van der Waals surface area contributed by atoms with E-state index in [4.69, 9.17) is 0 Å². The van der Waals surface area contributed by atoms with E-state index in [-0.39, 0.29) is 5.91 Å². The molecule has 3 rings (SSSR count). The molecule has 4 nitrogen and oxygen atoms in total. The summed E-state index contributed by atoms with van der Waals surface area (Å²) in [6, 6.07) is 20.0. The zero-order valence-electron chi connectivity index (χ0n) is 15.1. The largest absolute Gasteiger partial charge is 0.340 e. The summed E-state index contributed by atoms with van der Waals surface area (Å²) < 4.78 is 0. The molecule has 0 aliphatic rings. The van der Waals surface area contributed by atoms with Crippen molar-refractivity contribution in [3.8, 4) is 0 Å². The van der Waals surface area contributed by atoms with Gasteiger partial charge in [0.15, 0.2) is 0 Å². The van der Waals surface area contributed by atoms with Gasteiger partial charge in [0.1, 0.15) is 5.82 Å². The number of aryl methyl sites for hydroxylation is 3. The van der Waals surface area contributed by atoms with Gasteiger partial charge in [-0.3, -0.25) is 4.79 Å². The van der Waals surface area contributed by atoms with E-state index in [2.05, 4.69) is 41.6 Å². The molecule has 0 spiro atoms. The predicted octanol–water partition coefficient (Wildman–Crippen LogP) is 5.01. The maximum Gasteiger partial charge on any atom is 0.224 e. The lowest BCUT2D eigenvalue weighted by atomic mass is 10.1. The van der Waals surface area contributed by atoms with E-state index in [1.54, 1.807) is 6.20 Å². The van der Waals surface area contributed by atoms with Crippen LogP contribution in [0.15, 0.2) is 66.9 Å². The van der Waals surface area contributed by atoms with Gasteiger partial charge in [-0.1, -0.05) is 48.0 Å². The van der Waals surface area contributed by atoms with E-state index in [0.717, 1.165) is 23.5 Å². The number of rotatable bonds is 6. The first-order chi connectivity index (χ1) is 12.6. The van der Waals surface area contributed by atoms with Gasteiger partial charge in [0, 0.05) is 12.1 Å². The predicted molar refractivity (Wildman–Crippen MR) is 107 cm³/mol. The number of aromatic nitrogens is 1. The van der Waals surface area contributed by atoms with E-state index in [1.807, 2.05) is 48.5 Å². The van der Waals surface area contributed by atoms with E-state index < -0.39 is 0 Å². The van der Waals surface area contributed by atoms with Crippen molar-refractivity contribution in [3.05, 3.63) is 83.6 Å². The van der Waals surface area contributed by atoms with Crippen molar-refractivity contribution in [2.45, 2.75) is 26.7 Å². The molecule has 2 aromatic carbocycles. The number of amides is 1. The van der Waals surface area contributed by atoms with Crippen molar-refractivity contribution in [2.24, 2.45) is 0 Å². The fourth-order valence-electron chi connectivity index (χ4n) is 2.76. The Kier molecular flexibility index (Phi) is 5.64. The Morgan fingerprint density at radius 2 is 1.81 bits per heavy atom. The second-order valence-corrected chi connectivity index (χ2v) is 6.41. The molecule has 1 amide bonds. The molecular formula is C22H23N3O. The number of carbonyl (C=O) groups is 1. The van der Waals surface area contributed by atoms with Gasteiger partial charge in [-0.25, -0.2) is 4.98 Å². The van der Waals surface area contributed by atoms with Gasteiger partial charge >= 0.3 is 0 Å². The number of carbonyl (C=O) groups excluding carboxylic acids is 1. The van der Waals surface area contributed by atoms with Gasteiger partial charge in [0.05, 0.1) is 11.9 Å². The van der Waals surface area contributed by atoms with Gasteiger partial charge in [-0.2, -0.15) is 0 Å². The zero-order chi connectivity index (χ0) is 18.4. The molecule has 26 heavy (non-hydrogen) atoms. The molecule has 3 aromatic rings. The Bertz CT molecular complexity index is 874. The SMILES string of the molecule is Cc1ccc(Nc2ccc(NC(=O)CCc3ccccc3)cn2)c(C)c1. The summed E-state index contributed by atoms with van der Waals surface area (Å²) in [5.41, 5.74) is 5.30. The molecule has 0 bridgehead atoms. The quantitative estimate of drug-likeness (QED) is 0.660. The van der Waals surface area contributed by atoms with Crippen LogP contribution in [0.5, 0.6) is 0 Å². The number of anilines is 3. The monoisotopic (exact) mass is 345 g/mol. The minimum absolute atomic E-state index is 0.00857.